The molecule has 2 atom stereocenters. The number of carbonyl (C=O) groups is 1. The van der Waals surface area contributed by atoms with E-state index in [0.29, 0.717) is 33.2 Å². The third-order valence-corrected chi connectivity index (χ3v) is 6.51. The molecule has 1 aromatic carbocycles. The van der Waals surface area contributed by atoms with Crippen LogP contribution in [0.1, 0.15) is 55.1 Å². The van der Waals surface area contributed by atoms with Gasteiger partial charge in [-0.2, -0.15) is 8.78 Å². The number of aromatic nitrogens is 4. The molecule has 0 saturated heterocycles. The van der Waals surface area contributed by atoms with Gasteiger partial charge in [0, 0.05) is 46.2 Å². The van der Waals surface area contributed by atoms with Crippen molar-refractivity contribution in [2.45, 2.75) is 44.5 Å². The van der Waals surface area contributed by atoms with Crippen molar-refractivity contribution in [1.82, 2.24) is 19.4 Å². The van der Waals surface area contributed by atoms with E-state index in [1.807, 2.05) is 16.7 Å². The Bertz CT molecular complexity index is 1500. The molecular formula is C26H23ClF2N4O5. The Kier molecular flexibility index (Phi) is 6.76. The van der Waals surface area contributed by atoms with E-state index in [4.69, 9.17) is 26.2 Å². The zero-order chi connectivity index (χ0) is 27.2. The standard InChI is InChI=1S/C26H23ClF2N4O5/c1-26(2,36)24-30-9-14(10-31-24)13-3-6-20-32-22-19(37-12-21(34)35)8-17(23(22)33(20)11-13)16-7-15(27)4-5-18(16)38-25(28)29/h3-7,9-11,17,19,25,36H,8,12H2,1-2H3,(H,34,35)/t17-,19-/m1/s1. The van der Waals surface area contributed by atoms with Crippen molar-refractivity contribution in [2.24, 2.45) is 0 Å². The average Bonchev–Trinajstić information content (AvgIpc) is 3.40. The average molecular weight is 545 g/mol. The van der Waals surface area contributed by atoms with E-state index < -0.39 is 36.8 Å². The molecule has 4 aromatic rings. The number of imidazole rings is 1. The van der Waals surface area contributed by atoms with Gasteiger partial charge in [0.05, 0.1) is 11.4 Å². The van der Waals surface area contributed by atoms with Crippen LogP contribution in [0.15, 0.2) is 48.9 Å². The summed E-state index contributed by atoms with van der Waals surface area (Å²) >= 11 is 6.23. The zero-order valence-corrected chi connectivity index (χ0v) is 21.1. The largest absolute Gasteiger partial charge is 0.480 e. The van der Waals surface area contributed by atoms with E-state index >= 15 is 0 Å². The molecule has 1 aliphatic rings. The number of fused-ring (bicyclic) bond motifs is 3. The predicted molar refractivity (Wildman–Crippen MR) is 132 cm³/mol. The molecule has 9 nitrogen and oxygen atoms in total. The Morgan fingerprint density at radius 2 is 1.95 bits per heavy atom. The minimum Gasteiger partial charge on any atom is -0.480 e. The van der Waals surface area contributed by atoms with Crippen LogP contribution in [0.2, 0.25) is 5.02 Å². The van der Waals surface area contributed by atoms with Gasteiger partial charge in [-0.1, -0.05) is 11.6 Å². The highest BCUT2D eigenvalue weighted by Crippen LogP contribution is 2.49. The quantitative estimate of drug-likeness (QED) is 0.320. The number of carboxylic acids is 1. The molecule has 5 rings (SSSR count). The number of rotatable bonds is 8. The Hall–Kier alpha value is -3.67. The molecule has 0 fully saturated rings. The van der Waals surface area contributed by atoms with Gasteiger partial charge in [0.1, 0.15) is 29.7 Å². The van der Waals surface area contributed by atoms with Crippen LogP contribution in [-0.4, -0.2) is 48.8 Å². The van der Waals surface area contributed by atoms with Gasteiger partial charge in [0.15, 0.2) is 5.82 Å². The lowest BCUT2D eigenvalue weighted by molar-refractivity contribution is -0.144. The Morgan fingerprint density at radius 3 is 2.61 bits per heavy atom. The second-order valence-corrected chi connectivity index (χ2v) is 9.86. The lowest BCUT2D eigenvalue weighted by Gasteiger charge is -2.19. The molecule has 0 radical (unpaired) electrons. The number of pyridine rings is 1. The SMILES string of the molecule is CC(C)(O)c1ncc(-c2ccc3nc4c(n3c2)[C@@H](c2cc(Cl)ccc2OC(F)F)C[C@H]4OCC(=O)O)cn1. The summed E-state index contributed by atoms with van der Waals surface area (Å²) in [7, 11) is 0. The third kappa shape index (κ3) is 5.04. The van der Waals surface area contributed by atoms with Gasteiger partial charge >= 0.3 is 12.6 Å². The summed E-state index contributed by atoms with van der Waals surface area (Å²) in [5.41, 5.74) is 2.34. The molecular weight excluding hydrogens is 522 g/mol. The first-order valence-electron chi connectivity index (χ1n) is 11.7. The minimum atomic E-state index is -3.05. The van der Waals surface area contributed by atoms with Gasteiger partial charge in [-0.3, -0.25) is 0 Å². The fraction of sp³-hybridized carbons (Fsp3) is 0.308. The number of alkyl halides is 2. The Labute approximate surface area is 220 Å². The maximum Gasteiger partial charge on any atom is 0.387 e. The highest BCUT2D eigenvalue weighted by Gasteiger charge is 2.39. The highest BCUT2D eigenvalue weighted by molar-refractivity contribution is 6.30. The van der Waals surface area contributed by atoms with E-state index in [9.17, 15) is 18.7 Å². The van der Waals surface area contributed by atoms with Gasteiger partial charge < -0.3 is 24.1 Å². The van der Waals surface area contributed by atoms with Crippen molar-refractivity contribution < 1.29 is 33.3 Å². The molecule has 0 aliphatic heterocycles. The molecule has 0 unspecified atom stereocenters. The summed E-state index contributed by atoms with van der Waals surface area (Å²) < 4.78 is 38.7. The number of hydrogen-bond donors (Lipinski definition) is 2. The van der Waals surface area contributed by atoms with E-state index in [1.165, 1.54) is 12.1 Å². The second kappa shape index (κ2) is 9.90. The first-order valence-corrected chi connectivity index (χ1v) is 12.0. The number of aliphatic hydroxyl groups is 1. The molecule has 198 valence electrons. The molecule has 1 aliphatic carbocycles. The van der Waals surface area contributed by atoms with E-state index in [0.717, 1.165) is 5.56 Å². The number of halogens is 3. The van der Waals surface area contributed by atoms with Crippen molar-refractivity contribution in [3.8, 4) is 16.9 Å². The monoisotopic (exact) mass is 544 g/mol. The maximum atomic E-state index is 13.2. The van der Waals surface area contributed by atoms with Gasteiger partial charge in [0.25, 0.3) is 0 Å². The summed E-state index contributed by atoms with van der Waals surface area (Å²) in [5, 5.41) is 19.6. The first kappa shape index (κ1) is 26.0. The molecule has 12 heteroatoms. The summed E-state index contributed by atoms with van der Waals surface area (Å²) in [4.78, 5) is 24.4. The van der Waals surface area contributed by atoms with Crippen LogP contribution in [0.4, 0.5) is 8.78 Å². The van der Waals surface area contributed by atoms with Crippen molar-refractivity contribution in [2.75, 3.05) is 6.61 Å². The molecule has 0 spiro atoms. The molecule has 3 aromatic heterocycles. The van der Waals surface area contributed by atoms with Gasteiger partial charge in [-0.15, -0.1) is 0 Å². The highest BCUT2D eigenvalue weighted by atomic mass is 35.5. The van der Waals surface area contributed by atoms with Crippen LogP contribution in [0, 0.1) is 0 Å². The minimum absolute atomic E-state index is 0.0408. The fourth-order valence-electron chi connectivity index (χ4n) is 4.65. The summed E-state index contributed by atoms with van der Waals surface area (Å²) in [6.07, 6.45) is 4.57. The van der Waals surface area contributed by atoms with Crippen LogP contribution in [0.3, 0.4) is 0 Å². The fourth-order valence-corrected chi connectivity index (χ4v) is 4.83. The van der Waals surface area contributed by atoms with Crippen LogP contribution in [-0.2, 0) is 15.1 Å². The van der Waals surface area contributed by atoms with Crippen molar-refractivity contribution in [3.63, 3.8) is 0 Å². The van der Waals surface area contributed by atoms with E-state index in [1.54, 1.807) is 38.4 Å². The molecule has 3 heterocycles. The van der Waals surface area contributed by atoms with Crippen molar-refractivity contribution >= 4 is 23.2 Å². The number of nitrogens with zero attached hydrogens (tertiary/aromatic N) is 4. The molecule has 0 bridgehead atoms. The van der Waals surface area contributed by atoms with Crippen LogP contribution in [0.5, 0.6) is 5.75 Å². The maximum absolute atomic E-state index is 13.2. The third-order valence-electron chi connectivity index (χ3n) is 6.27. The smallest absolute Gasteiger partial charge is 0.387 e. The number of aliphatic carboxylic acids is 1. The number of carboxylic acid groups (broad SMARTS) is 1. The van der Waals surface area contributed by atoms with Gasteiger partial charge in [-0.25, -0.2) is 19.7 Å². The summed E-state index contributed by atoms with van der Waals surface area (Å²) in [5.74, 6) is -1.44. The van der Waals surface area contributed by atoms with Gasteiger partial charge in [-0.05, 0) is 50.6 Å². The van der Waals surface area contributed by atoms with E-state index in [-0.39, 0.29) is 18.0 Å². The van der Waals surface area contributed by atoms with Crippen LogP contribution in [0.25, 0.3) is 16.8 Å². The Morgan fingerprint density at radius 1 is 1.21 bits per heavy atom. The zero-order valence-electron chi connectivity index (χ0n) is 20.3. The summed E-state index contributed by atoms with van der Waals surface area (Å²) in [6, 6.07) is 8.00. The lowest BCUT2D eigenvalue weighted by atomic mass is 9.95. The molecule has 38 heavy (non-hydrogen) atoms. The number of hydrogen-bond acceptors (Lipinski definition) is 7. The van der Waals surface area contributed by atoms with Crippen LogP contribution < -0.4 is 4.74 Å². The molecule has 0 saturated carbocycles. The second-order valence-electron chi connectivity index (χ2n) is 9.42. The lowest BCUT2D eigenvalue weighted by Crippen LogP contribution is -2.19. The number of ether oxygens (including phenoxy) is 2. The topological polar surface area (TPSA) is 119 Å². The van der Waals surface area contributed by atoms with Gasteiger partial charge in [0.2, 0.25) is 0 Å². The molecule has 2 N–H and O–H groups in total. The number of benzene rings is 1. The Balaban J connectivity index is 1.63. The van der Waals surface area contributed by atoms with Crippen LogP contribution >= 0.6 is 11.6 Å². The van der Waals surface area contributed by atoms with E-state index in [2.05, 4.69) is 15.0 Å². The summed E-state index contributed by atoms with van der Waals surface area (Å²) in [6.45, 7) is -0.409. The normalized spacial score (nSPS) is 17.2. The van der Waals surface area contributed by atoms with Crippen molar-refractivity contribution in [3.05, 3.63) is 76.7 Å². The molecule has 0 amide bonds. The predicted octanol–water partition coefficient (Wildman–Crippen LogP) is 4.95. The van der Waals surface area contributed by atoms with Crippen molar-refractivity contribution in [1.29, 1.82) is 0 Å². The first-order chi connectivity index (χ1) is 18.0.